The number of ketones is 1. The Kier molecular flexibility index (Phi) is 5.27. The Labute approximate surface area is 124 Å². The fourth-order valence-corrected chi connectivity index (χ4v) is 1.93. The first-order valence-electron chi connectivity index (χ1n) is 6.94. The molecule has 2 aromatic rings. The van der Waals surface area contributed by atoms with Crippen LogP contribution in [0.4, 0.5) is 0 Å². The predicted molar refractivity (Wildman–Crippen MR) is 81.2 cm³/mol. The molecule has 0 aliphatic rings. The molecule has 0 amide bonds. The minimum Gasteiger partial charge on any atom is -0.457 e. The van der Waals surface area contributed by atoms with Crippen molar-refractivity contribution in [2.24, 2.45) is 0 Å². The first-order chi connectivity index (χ1) is 10.1. The lowest BCUT2D eigenvalue weighted by molar-refractivity contribution is -0.142. The van der Waals surface area contributed by atoms with Crippen molar-refractivity contribution in [2.75, 3.05) is 6.61 Å². The number of rotatable bonds is 6. The third-order valence-corrected chi connectivity index (χ3v) is 3.20. The van der Waals surface area contributed by atoms with Crippen molar-refractivity contribution in [2.45, 2.75) is 19.8 Å². The van der Waals surface area contributed by atoms with Crippen LogP contribution in [0.2, 0.25) is 0 Å². The van der Waals surface area contributed by atoms with Crippen LogP contribution in [0.3, 0.4) is 0 Å². The van der Waals surface area contributed by atoms with Crippen molar-refractivity contribution in [3.05, 3.63) is 71.3 Å². The van der Waals surface area contributed by atoms with E-state index in [9.17, 15) is 9.59 Å². The summed E-state index contributed by atoms with van der Waals surface area (Å²) in [5, 5.41) is 0. The second-order valence-corrected chi connectivity index (χ2v) is 4.94. The van der Waals surface area contributed by atoms with Crippen molar-refractivity contribution in [1.82, 2.24) is 0 Å². The van der Waals surface area contributed by atoms with Gasteiger partial charge >= 0.3 is 5.97 Å². The van der Waals surface area contributed by atoms with E-state index in [1.807, 2.05) is 49.4 Å². The van der Waals surface area contributed by atoms with Crippen LogP contribution < -0.4 is 0 Å². The lowest BCUT2D eigenvalue weighted by Crippen LogP contribution is -2.14. The Hall–Kier alpha value is -2.42. The molecule has 0 N–H and O–H groups in total. The highest BCUT2D eigenvalue weighted by Crippen LogP contribution is 2.06. The van der Waals surface area contributed by atoms with Gasteiger partial charge in [0.25, 0.3) is 0 Å². The Morgan fingerprint density at radius 3 is 2.29 bits per heavy atom. The molecule has 0 spiro atoms. The maximum Gasteiger partial charge on any atom is 0.306 e. The third kappa shape index (κ3) is 4.88. The van der Waals surface area contributed by atoms with E-state index in [0.29, 0.717) is 12.0 Å². The van der Waals surface area contributed by atoms with Crippen molar-refractivity contribution < 1.29 is 14.3 Å². The zero-order valence-electron chi connectivity index (χ0n) is 12.0. The van der Waals surface area contributed by atoms with E-state index in [0.717, 1.165) is 11.1 Å². The molecule has 3 nitrogen and oxygen atoms in total. The van der Waals surface area contributed by atoms with Gasteiger partial charge in [-0.15, -0.1) is 0 Å². The molecule has 0 radical (unpaired) electrons. The molecule has 0 saturated carbocycles. The summed E-state index contributed by atoms with van der Waals surface area (Å²) in [6.45, 7) is 1.76. The fraction of sp³-hybridized carbons (Fsp3) is 0.222. The smallest absolute Gasteiger partial charge is 0.306 e. The van der Waals surface area contributed by atoms with Crippen LogP contribution >= 0.6 is 0 Å². The van der Waals surface area contributed by atoms with Gasteiger partial charge in [0, 0.05) is 12.0 Å². The molecule has 0 heterocycles. The zero-order chi connectivity index (χ0) is 15.1. The summed E-state index contributed by atoms with van der Waals surface area (Å²) < 4.78 is 5.02. The minimum absolute atomic E-state index is 0.178. The van der Waals surface area contributed by atoms with Gasteiger partial charge < -0.3 is 4.74 Å². The second kappa shape index (κ2) is 7.39. The number of benzene rings is 2. The molecule has 0 unspecified atom stereocenters. The second-order valence-electron chi connectivity index (χ2n) is 4.94. The molecule has 3 heteroatoms. The fourth-order valence-electron chi connectivity index (χ4n) is 1.93. The normalized spacial score (nSPS) is 10.1. The highest BCUT2D eigenvalue weighted by atomic mass is 16.5. The third-order valence-electron chi connectivity index (χ3n) is 3.20. The highest BCUT2D eigenvalue weighted by molar-refractivity contribution is 5.97. The Morgan fingerprint density at radius 1 is 0.952 bits per heavy atom. The number of hydrogen-bond donors (Lipinski definition) is 0. The van der Waals surface area contributed by atoms with Gasteiger partial charge in [-0.2, -0.15) is 0 Å². The van der Waals surface area contributed by atoms with Gasteiger partial charge in [-0.05, 0) is 18.9 Å². The number of aryl methyl sites for hydroxylation is 2. The number of esters is 1. The first kappa shape index (κ1) is 15.0. The molecule has 21 heavy (non-hydrogen) atoms. The summed E-state index contributed by atoms with van der Waals surface area (Å²) in [4.78, 5) is 23.5. The van der Waals surface area contributed by atoms with E-state index < -0.39 is 0 Å². The molecule has 0 aliphatic carbocycles. The average molecular weight is 282 g/mol. The van der Waals surface area contributed by atoms with Crippen molar-refractivity contribution in [3.63, 3.8) is 0 Å². The molecule has 0 atom stereocenters. The van der Waals surface area contributed by atoms with Crippen LogP contribution in [-0.2, 0) is 16.0 Å². The molecule has 0 aliphatic heterocycles. The standard InChI is InChI=1S/C18H18O3/c1-14-7-10-16(11-8-14)17(19)13-21-18(20)12-9-15-5-3-2-4-6-15/h2-8,10-11H,9,12-13H2,1H3. The number of hydrogen-bond acceptors (Lipinski definition) is 3. The van der Waals surface area contributed by atoms with Crippen LogP contribution in [0.25, 0.3) is 0 Å². The topological polar surface area (TPSA) is 43.4 Å². The maximum absolute atomic E-state index is 11.9. The Bertz CT molecular complexity index is 600. The summed E-state index contributed by atoms with van der Waals surface area (Å²) in [6, 6.07) is 16.9. The molecule has 0 aromatic heterocycles. The summed E-state index contributed by atoms with van der Waals surface area (Å²) in [6.07, 6.45) is 0.906. The minimum atomic E-state index is -0.348. The predicted octanol–water partition coefficient (Wildman–Crippen LogP) is 3.35. The number of carbonyl (C=O) groups is 2. The lowest BCUT2D eigenvalue weighted by atomic mass is 10.1. The molecule has 108 valence electrons. The van der Waals surface area contributed by atoms with Crippen LogP contribution in [-0.4, -0.2) is 18.4 Å². The van der Waals surface area contributed by atoms with Crippen LogP contribution in [0.5, 0.6) is 0 Å². The van der Waals surface area contributed by atoms with Gasteiger partial charge in [0.05, 0.1) is 0 Å². The van der Waals surface area contributed by atoms with Gasteiger partial charge in [0.1, 0.15) is 0 Å². The van der Waals surface area contributed by atoms with Crippen LogP contribution in [0.1, 0.15) is 27.9 Å². The molecule has 0 bridgehead atoms. The highest BCUT2D eigenvalue weighted by Gasteiger charge is 2.09. The molecule has 2 rings (SSSR count). The lowest BCUT2D eigenvalue weighted by Gasteiger charge is -2.05. The Morgan fingerprint density at radius 2 is 1.62 bits per heavy atom. The van der Waals surface area contributed by atoms with E-state index in [4.69, 9.17) is 4.74 Å². The summed E-state index contributed by atoms with van der Waals surface area (Å²) in [7, 11) is 0. The van der Waals surface area contributed by atoms with Crippen molar-refractivity contribution >= 4 is 11.8 Å². The maximum atomic E-state index is 11.9. The SMILES string of the molecule is Cc1ccc(C(=O)COC(=O)CCc2ccccc2)cc1. The Balaban J connectivity index is 1.76. The molecular weight excluding hydrogens is 264 g/mol. The first-order valence-corrected chi connectivity index (χ1v) is 6.94. The molecular formula is C18H18O3. The van der Waals surface area contributed by atoms with Crippen LogP contribution in [0, 0.1) is 6.92 Å². The average Bonchev–Trinajstić information content (AvgIpc) is 2.52. The summed E-state index contributed by atoms with van der Waals surface area (Å²) in [5.74, 6) is -0.526. The number of carbonyl (C=O) groups excluding carboxylic acids is 2. The monoisotopic (exact) mass is 282 g/mol. The number of ether oxygens (including phenoxy) is 1. The molecule has 2 aromatic carbocycles. The zero-order valence-corrected chi connectivity index (χ0v) is 12.0. The van der Waals surface area contributed by atoms with Crippen molar-refractivity contribution in [1.29, 1.82) is 0 Å². The molecule has 0 saturated heterocycles. The van der Waals surface area contributed by atoms with E-state index in [1.54, 1.807) is 12.1 Å². The van der Waals surface area contributed by atoms with Gasteiger partial charge in [0.2, 0.25) is 0 Å². The van der Waals surface area contributed by atoms with Gasteiger partial charge in [-0.1, -0.05) is 60.2 Å². The largest absolute Gasteiger partial charge is 0.457 e. The van der Waals surface area contributed by atoms with Gasteiger partial charge in [-0.3, -0.25) is 9.59 Å². The van der Waals surface area contributed by atoms with Crippen molar-refractivity contribution in [3.8, 4) is 0 Å². The summed E-state index contributed by atoms with van der Waals surface area (Å²) in [5.41, 5.74) is 2.74. The van der Waals surface area contributed by atoms with Gasteiger partial charge in [0.15, 0.2) is 12.4 Å². The molecule has 0 fully saturated rings. The van der Waals surface area contributed by atoms with E-state index in [-0.39, 0.29) is 24.8 Å². The summed E-state index contributed by atoms with van der Waals surface area (Å²) >= 11 is 0. The van der Waals surface area contributed by atoms with Gasteiger partial charge in [-0.25, -0.2) is 0 Å². The quantitative estimate of drug-likeness (QED) is 0.603. The van der Waals surface area contributed by atoms with E-state index >= 15 is 0 Å². The van der Waals surface area contributed by atoms with E-state index in [2.05, 4.69) is 0 Å². The van der Waals surface area contributed by atoms with Crippen LogP contribution in [0.15, 0.2) is 54.6 Å². The van der Waals surface area contributed by atoms with E-state index in [1.165, 1.54) is 0 Å². The number of Topliss-reactive ketones (excluding diaryl/α,β-unsaturated/α-hetero) is 1.